The fraction of sp³-hybridized carbons (Fsp3) is 0.474. The van der Waals surface area contributed by atoms with Crippen molar-refractivity contribution in [2.75, 3.05) is 6.61 Å². The van der Waals surface area contributed by atoms with Crippen molar-refractivity contribution in [2.45, 2.75) is 40.2 Å². The monoisotopic (exact) mass is 315 g/mol. The molecule has 0 aromatic heterocycles. The molecule has 1 aliphatic heterocycles. The Morgan fingerprint density at radius 1 is 1.35 bits per heavy atom. The number of carbonyl (C=O) groups excluding carboxylic acids is 2. The minimum atomic E-state index is -0.546. The van der Waals surface area contributed by atoms with Crippen molar-refractivity contribution in [3.05, 3.63) is 48.0 Å². The highest BCUT2D eigenvalue weighted by Gasteiger charge is 2.38. The summed E-state index contributed by atoms with van der Waals surface area (Å²) >= 11 is 0. The summed E-state index contributed by atoms with van der Waals surface area (Å²) in [6.45, 7) is 8.55. The molecule has 1 aliphatic rings. The Morgan fingerprint density at radius 2 is 2.00 bits per heavy atom. The van der Waals surface area contributed by atoms with Gasteiger partial charge in [0.05, 0.1) is 0 Å². The van der Waals surface area contributed by atoms with Gasteiger partial charge >= 0.3 is 6.09 Å². The molecular formula is C19H25NO3. The van der Waals surface area contributed by atoms with E-state index in [0.29, 0.717) is 6.42 Å². The Hall–Kier alpha value is -2.10. The molecule has 4 heteroatoms. The lowest BCUT2D eigenvalue weighted by atomic mass is 9.93. The standard InChI is InChI=1S/C19H25NO3/c1-14(10-11-19(2,3)4)12-17(21)20-16(13-23-18(20)22)15-8-6-5-7-9-15/h5-11,14,16H,12-13H2,1-4H3/b11-10+/t14?,16-/m0/s1. The molecular weight excluding hydrogens is 290 g/mol. The molecule has 0 N–H and O–H groups in total. The zero-order valence-corrected chi connectivity index (χ0v) is 14.3. The number of cyclic esters (lactones) is 1. The molecule has 0 saturated carbocycles. The molecule has 23 heavy (non-hydrogen) atoms. The first kappa shape index (κ1) is 17.3. The molecule has 4 nitrogen and oxygen atoms in total. The van der Waals surface area contributed by atoms with Gasteiger partial charge < -0.3 is 4.74 Å². The van der Waals surface area contributed by atoms with Crippen LogP contribution in [0.3, 0.4) is 0 Å². The Bertz CT molecular complexity index is 586. The summed E-state index contributed by atoms with van der Waals surface area (Å²) in [4.78, 5) is 25.8. The number of rotatable bonds is 4. The van der Waals surface area contributed by atoms with E-state index in [4.69, 9.17) is 4.74 Å². The maximum absolute atomic E-state index is 12.6. The molecule has 2 rings (SSSR count). The zero-order chi connectivity index (χ0) is 17.0. The maximum atomic E-state index is 12.6. The predicted molar refractivity (Wildman–Crippen MR) is 89.8 cm³/mol. The number of ether oxygens (including phenoxy) is 1. The molecule has 1 heterocycles. The van der Waals surface area contributed by atoms with Crippen LogP contribution in [-0.2, 0) is 9.53 Å². The quantitative estimate of drug-likeness (QED) is 0.777. The van der Waals surface area contributed by atoms with Crippen LogP contribution in [0.15, 0.2) is 42.5 Å². The first-order valence-corrected chi connectivity index (χ1v) is 8.01. The van der Waals surface area contributed by atoms with E-state index in [-0.39, 0.29) is 29.9 Å². The van der Waals surface area contributed by atoms with Gasteiger partial charge in [0.15, 0.2) is 0 Å². The molecule has 2 amide bonds. The van der Waals surface area contributed by atoms with Crippen LogP contribution in [0.25, 0.3) is 0 Å². The molecule has 0 radical (unpaired) electrons. The van der Waals surface area contributed by atoms with E-state index < -0.39 is 6.09 Å². The molecule has 124 valence electrons. The Labute approximate surface area is 138 Å². The summed E-state index contributed by atoms with van der Waals surface area (Å²) in [6, 6.07) is 9.21. The molecule has 2 atom stereocenters. The third-order valence-corrected chi connectivity index (χ3v) is 3.75. The number of nitrogens with zero attached hydrogens (tertiary/aromatic N) is 1. The minimum absolute atomic E-state index is 0.0755. The Balaban J connectivity index is 2.07. The van der Waals surface area contributed by atoms with Gasteiger partial charge in [-0.25, -0.2) is 9.69 Å². The number of hydrogen-bond acceptors (Lipinski definition) is 3. The van der Waals surface area contributed by atoms with Gasteiger partial charge in [-0.3, -0.25) is 4.79 Å². The van der Waals surface area contributed by atoms with Crippen molar-refractivity contribution < 1.29 is 14.3 Å². The van der Waals surface area contributed by atoms with Gasteiger partial charge in [0.2, 0.25) is 5.91 Å². The van der Waals surface area contributed by atoms with Crippen molar-refractivity contribution >= 4 is 12.0 Å². The molecule has 1 unspecified atom stereocenters. The average Bonchev–Trinajstić information content (AvgIpc) is 2.87. The lowest BCUT2D eigenvalue weighted by molar-refractivity contribution is -0.129. The van der Waals surface area contributed by atoms with Gasteiger partial charge in [-0.05, 0) is 16.9 Å². The van der Waals surface area contributed by atoms with Crippen molar-refractivity contribution in [3.63, 3.8) is 0 Å². The van der Waals surface area contributed by atoms with Crippen LogP contribution < -0.4 is 0 Å². The van der Waals surface area contributed by atoms with Crippen molar-refractivity contribution in [3.8, 4) is 0 Å². The fourth-order valence-electron chi connectivity index (χ4n) is 2.51. The molecule has 0 aliphatic carbocycles. The summed E-state index contributed by atoms with van der Waals surface area (Å²) in [7, 11) is 0. The average molecular weight is 315 g/mol. The molecule has 1 fully saturated rings. The van der Waals surface area contributed by atoms with Crippen LogP contribution in [-0.4, -0.2) is 23.5 Å². The summed E-state index contributed by atoms with van der Waals surface area (Å²) < 4.78 is 5.10. The zero-order valence-electron chi connectivity index (χ0n) is 14.3. The van der Waals surface area contributed by atoms with Gasteiger partial charge in [-0.2, -0.15) is 0 Å². The van der Waals surface area contributed by atoms with E-state index in [1.807, 2.05) is 43.3 Å². The molecule has 1 aromatic rings. The number of hydrogen-bond donors (Lipinski definition) is 0. The van der Waals surface area contributed by atoms with Gasteiger partial charge in [0.1, 0.15) is 12.6 Å². The van der Waals surface area contributed by atoms with Gasteiger partial charge in [-0.15, -0.1) is 0 Å². The highest BCUT2D eigenvalue weighted by atomic mass is 16.6. The van der Waals surface area contributed by atoms with Gasteiger partial charge in [-0.1, -0.05) is 70.2 Å². The number of benzene rings is 1. The van der Waals surface area contributed by atoms with Crippen LogP contribution >= 0.6 is 0 Å². The predicted octanol–water partition coefficient (Wildman–Crippen LogP) is 4.34. The Morgan fingerprint density at radius 3 is 2.61 bits per heavy atom. The van der Waals surface area contributed by atoms with Crippen LogP contribution in [0.4, 0.5) is 4.79 Å². The molecule has 0 spiro atoms. The maximum Gasteiger partial charge on any atom is 0.417 e. The van der Waals surface area contributed by atoms with Crippen LogP contribution in [0.5, 0.6) is 0 Å². The first-order valence-electron chi connectivity index (χ1n) is 8.01. The molecule has 1 aromatic carbocycles. The first-order chi connectivity index (χ1) is 10.8. The summed E-state index contributed by atoms with van der Waals surface area (Å²) in [5.41, 5.74) is 1.00. The number of imide groups is 1. The van der Waals surface area contributed by atoms with E-state index in [2.05, 4.69) is 26.8 Å². The Kier molecular flexibility index (Phi) is 5.24. The van der Waals surface area contributed by atoms with E-state index in [1.54, 1.807) is 0 Å². The van der Waals surface area contributed by atoms with E-state index in [0.717, 1.165) is 5.56 Å². The van der Waals surface area contributed by atoms with Gasteiger partial charge in [0, 0.05) is 6.42 Å². The molecule has 0 bridgehead atoms. The van der Waals surface area contributed by atoms with Gasteiger partial charge in [0.25, 0.3) is 0 Å². The second-order valence-corrected chi connectivity index (χ2v) is 7.17. The fourth-order valence-corrected chi connectivity index (χ4v) is 2.51. The van der Waals surface area contributed by atoms with E-state index in [1.165, 1.54) is 4.90 Å². The highest BCUT2D eigenvalue weighted by Crippen LogP contribution is 2.29. The summed E-state index contributed by atoms with van der Waals surface area (Å²) in [5.74, 6) is -0.112. The highest BCUT2D eigenvalue weighted by molar-refractivity contribution is 5.93. The number of amides is 2. The van der Waals surface area contributed by atoms with Crippen molar-refractivity contribution in [1.29, 1.82) is 0 Å². The van der Waals surface area contributed by atoms with Crippen LogP contribution in [0.2, 0.25) is 0 Å². The normalized spacial score (nSPS) is 19.9. The summed E-state index contributed by atoms with van der Waals surface area (Å²) in [6.07, 6.45) is 3.89. The number of carbonyl (C=O) groups is 2. The SMILES string of the molecule is CC(/C=C/C(C)(C)C)CC(=O)N1C(=O)OC[C@H]1c1ccccc1. The lowest BCUT2D eigenvalue weighted by Gasteiger charge is -2.21. The largest absolute Gasteiger partial charge is 0.446 e. The van der Waals surface area contributed by atoms with Crippen molar-refractivity contribution in [1.82, 2.24) is 4.90 Å². The minimum Gasteiger partial charge on any atom is -0.446 e. The third-order valence-electron chi connectivity index (χ3n) is 3.75. The topological polar surface area (TPSA) is 46.6 Å². The summed E-state index contributed by atoms with van der Waals surface area (Å²) in [5, 5.41) is 0. The number of allylic oxidation sites excluding steroid dienone is 2. The van der Waals surface area contributed by atoms with E-state index in [9.17, 15) is 9.59 Å². The van der Waals surface area contributed by atoms with E-state index >= 15 is 0 Å². The second-order valence-electron chi connectivity index (χ2n) is 7.17. The third kappa shape index (κ3) is 4.68. The van der Waals surface area contributed by atoms with Crippen LogP contribution in [0.1, 0.15) is 45.7 Å². The molecule has 1 saturated heterocycles. The van der Waals surface area contributed by atoms with Crippen LogP contribution in [0, 0.1) is 11.3 Å². The van der Waals surface area contributed by atoms with Crippen molar-refractivity contribution in [2.24, 2.45) is 11.3 Å². The second kappa shape index (κ2) is 6.99. The lowest BCUT2D eigenvalue weighted by Crippen LogP contribution is -2.34. The smallest absolute Gasteiger partial charge is 0.417 e.